The number of benzene rings is 1. The highest BCUT2D eigenvalue weighted by Crippen LogP contribution is 2.22. The Morgan fingerprint density at radius 3 is 3.14 bits per heavy atom. The van der Waals surface area contributed by atoms with Crippen molar-refractivity contribution in [2.45, 2.75) is 18.9 Å². The van der Waals surface area contributed by atoms with Gasteiger partial charge >= 0.3 is 0 Å². The van der Waals surface area contributed by atoms with Crippen LogP contribution < -0.4 is 0 Å². The molecule has 22 heavy (non-hydrogen) atoms. The molecule has 0 aliphatic carbocycles. The third-order valence-corrected chi connectivity index (χ3v) is 3.74. The second-order valence-corrected chi connectivity index (χ2v) is 5.40. The Morgan fingerprint density at radius 2 is 2.32 bits per heavy atom. The highest BCUT2D eigenvalue weighted by atomic mass is 16.6. The molecule has 0 saturated carbocycles. The number of hydrogen-bond acceptors (Lipinski definition) is 6. The summed E-state index contributed by atoms with van der Waals surface area (Å²) in [5, 5.41) is 17.5. The second-order valence-electron chi connectivity index (χ2n) is 5.40. The number of aromatic hydroxyl groups is 1. The maximum atomic E-state index is 9.55. The van der Waals surface area contributed by atoms with E-state index in [0.29, 0.717) is 39.4 Å². The van der Waals surface area contributed by atoms with Gasteiger partial charge in [-0.3, -0.25) is 10.4 Å². The Labute approximate surface area is 129 Å². The minimum Gasteiger partial charge on any atom is -0.508 e. The first kappa shape index (κ1) is 15.0. The highest BCUT2D eigenvalue weighted by molar-refractivity contribution is 6.11. The van der Waals surface area contributed by atoms with Gasteiger partial charge in [-0.15, -0.1) is 0 Å². The molecule has 0 spiro atoms. The molecule has 1 aromatic carbocycles. The zero-order valence-electron chi connectivity index (χ0n) is 12.4. The van der Waals surface area contributed by atoms with E-state index in [-0.39, 0.29) is 17.8 Å². The van der Waals surface area contributed by atoms with Crippen molar-refractivity contribution in [3.63, 3.8) is 0 Å². The molecule has 1 unspecified atom stereocenters. The van der Waals surface area contributed by atoms with Crippen LogP contribution in [0, 0.1) is 5.41 Å². The Morgan fingerprint density at radius 1 is 1.41 bits per heavy atom. The normalized spacial score (nSPS) is 20.9. The van der Waals surface area contributed by atoms with Gasteiger partial charge in [-0.2, -0.15) is 0 Å². The number of hydrogen-bond donors (Lipinski definition) is 2. The first-order valence-corrected chi connectivity index (χ1v) is 7.47. The molecule has 2 heterocycles. The summed E-state index contributed by atoms with van der Waals surface area (Å²) < 4.78 is 16.3. The number of rotatable bonds is 4. The summed E-state index contributed by atoms with van der Waals surface area (Å²) in [7, 11) is 0. The van der Waals surface area contributed by atoms with Crippen LogP contribution in [0.5, 0.6) is 5.75 Å². The third kappa shape index (κ3) is 3.64. The van der Waals surface area contributed by atoms with Gasteiger partial charge < -0.3 is 19.3 Å². The molecule has 0 radical (unpaired) electrons. The van der Waals surface area contributed by atoms with Gasteiger partial charge in [-0.1, -0.05) is 0 Å². The number of nitrogens with one attached hydrogen (secondary N) is 1. The van der Waals surface area contributed by atoms with E-state index in [1.54, 1.807) is 12.1 Å². The molecular formula is C16H20N2O4. The average Bonchev–Trinajstić information content (AvgIpc) is 2.54. The number of ether oxygens (including phenoxy) is 3. The lowest BCUT2D eigenvalue weighted by atomic mass is 9.95. The summed E-state index contributed by atoms with van der Waals surface area (Å²) in [6.07, 6.45) is 1.06. The highest BCUT2D eigenvalue weighted by Gasteiger charge is 2.19. The average molecular weight is 304 g/mol. The predicted octanol–water partition coefficient (Wildman–Crippen LogP) is 1.54. The van der Waals surface area contributed by atoms with Crippen molar-refractivity contribution >= 4 is 11.6 Å². The molecule has 2 N–H and O–H groups in total. The fourth-order valence-electron chi connectivity index (χ4n) is 2.65. The minimum absolute atomic E-state index is 0.105. The van der Waals surface area contributed by atoms with E-state index in [0.717, 1.165) is 23.3 Å². The predicted molar refractivity (Wildman–Crippen MR) is 82.1 cm³/mol. The summed E-state index contributed by atoms with van der Waals surface area (Å²) in [5.74, 6) is 0.439. The lowest BCUT2D eigenvalue weighted by Gasteiger charge is -2.23. The summed E-state index contributed by atoms with van der Waals surface area (Å²) in [5.41, 5.74) is 2.91. The molecule has 2 aliphatic heterocycles. The summed E-state index contributed by atoms with van der Waals surface area (Å²) in [4.78, 5) is 4.49. The van der Waals surface area contributed by atoms with E-state index in [1.807, 2.05) is 6.07 Å². The molecular weight excluding hydrogens is 284 g/mol. The standard InChI is InChI=1S/C16H20N2O4/c17-16(22-10-13-9-20-5-6-21-13)8-15-14-2-1-12(19)7-11(14)3-4-18-15/h1-2,7,13,17,19H,3-6,8-10H2. The zero-order chi connectivity index (χ0) is 15.4. The second kappa shape index (κ2) is 6.89. The number of phenols is 1. The van der Waals surface area contributed by atoms with Crippen molar-refractivity contribution in [2.75, 3.05) is 33.0 Å². The van der Waals surface area contributed by atoms with Crippen molar-refractivity contribution in [1.29, 1.82) is 5.41 Å². The molecule has 1 saturated heterocycles. The molecule has 0 amide bonds. The Bertz CT molecular complexity index is 580. The fourth-order valence-corrected chi connectivity index (χ4v) is 2.65. The Kier molecular flexibility index (Phi) is 4.70. The Hall–Kier alpha value is -1.92. The van der Waals surface area contributed by atoms with Gasteiger partial charge in [-0.05, 0) is 35.7 Å². The molecule has 6 nitrogen and oxygen atoms in total. The lowest BCUT2D eigenvalue weighted by molar-refractivity contribution is -0.103. The summed E-state index contributed by atoms with van der Waals surface area (Å²) >= 11 is 0. The molecule has 2 aliphatic rings. The van der Waals surface area contributed by atoms with Crippen molar-refractivity contribution in [3.8, 4) is 5.75 Å². The number of phenolic OH excluding ortho intramolecular Hbond substituents is 1. The maximum absolute atomic E-state index is 9.55. The van der Waals surface area contributed by atoms with Crippen LogP contribution in [0.4, 0.5) is 0 Å². The van der Waals surface area contributed by atoms with E-state index in [2.05, 4.69) is 4.99 Å². The van der Waals surface area contributed by atoms with E-state index < -0.39 is 0 Å². The molecule has 1 atom stereocenters. The third-order valence-electron chi connectivity index (χ3n) is 3.74. The monoisotopic (exact) mass is 304 g/mol. The van der Waals surface area contributed by atoms with Crippen LogP contribution in [0.25, 0.3) is 0 Å². The van der Waals surface area contributed by atoms with Crippen molar-refractivity contribution in [1.82, 2.24) is 0 Å². The van der Waals surface area contributed by atoms with Crippen LogP contribution in [-0.4, -0.2) is 55.8 Å². The molecule has 6 heteroatoms. The SMILES string of the molecule is N=C(CC1=NCCc2cc(O)ccc21)OCC1COCCO1. The fraction of sp³-hybridized carbons (Fsp3) is 0.500. The molecule has 3 rings (SSSR count). The first-order chi connectivity index (χ1) is 10.7. The van der Waals surface area contributed by atoms with Crippen LogP contribution >= 0.6 is 0 Å². The van der Waals surface area contributed by atoms with Crippen LogP contribution in [0.15, 0.2) is 23.2 Å². The minimum atomic E-state index is -0.105. The summed E-state index contributed by atoms with van der Waals surface area (Å²) in [6.45, 7) is 2.71. The number of nitrogens with zero attached hydrogens (tertiary/aromatic N) is 1. The van der Waals surface area contributed by atoms with Crippen molar-refractivity contribution in [2.24, 2.45) is 4.99 Å². The molecule has 0 aromatic heterocycles. The molecule has 0 bridgehead atoms. The summed E-state index contributed by atoms with van der Waals surface area (Å²) in [6, 6.07) is 5.27. The van der Waals surface area contributed by atoms with Crippen LogP contribution in [0.2, 0.25) is 0 Å². The largest absolute Gasteiger partial charge is 0.508 e. The molecule has 1 fully saturated rings. The number of aliphatic imine (C=N–C) groups is 1. The van der Waals surface area contributed by atoms with Crippen molar-refractivity contribution < 1.29 is 19.3 Å². The van der Waals surface area contributed by atoms with Crippen LogP contribution in [-0.2, 0) is 20.6 Å². The van der Waals surface area contributed by atoms with Crippen LogP contribution in [0.3, 0.4) is 0 Å². The van der Waals surface area contributed by atoms with Gasteiger partial charge in [0.05, 0.1) is 32.0 Å². The number of fused-ring (bicyclic) bond motifs is 1. The van der Waals surface area contributed by atoms with E-state index in [1.165, 1.54) is 0 Å². The molecule has 1 aromatic rings. The quantitative estimate of drug-likeness (QED) is 0.653. The van der Waals surface area contributed by atoms with Gasteiger partial charge in [-0.25, -0.2) is 0 Å². The lowest BCUT2D eigenvalue weighted by Crippen LogP contribution is -2.33. The first-order valence-electron chi connectivity index (χ1n) is 7.47. The molecule has 118 valence electrons. The van der Waals surface area contributed by atoms with E-state index >= 15 is 0 Å². The van der Waals surface area contributed by atoms with Crippen LogP contribution in [0.1, 0.15) is 17.5 Å². The topological polar surface area (TPSA) is 84.1 Å². The van der Waals surface area contributed by atoms with Gasteiger partial charge in [0, 0.05) is 6.54 Å². The zero-order valence-corrected chi connectivity index (χ0v) is 12.4. The van der Waals surface area contributed by atoms with Crippen molar-refractivity contribution in [3.05, 3.63) is 29.3 Å². The van der Waals surface area contributed by atoms with Gasteiger partial charge in [0.25, 0.3) is 0 Å². The van der Waals surface area contributed by atoms with Gasteiger partial charge in [0.15, 0.2) is 5.90 Å². The van der Waals surface area contributed by atoms with E-state index in [9.17, 15) is 5.11 Å². The Balaban J connectivity index is 1.56. The van der Waals surface area contributed by atoms with Gasteiger partial charge in [0.2, 0.25) is 0 Å². The maximum Gasteiger partial charge on any atom is 0.186 e. The van der Waals surface area contributed by atoms with Gasteiger partial charge in [0.1, 0.15) is 18.5 Å². The van der Waals surface area contributed by atoms with E-state index in [4.69, 9.17) is 19.6 Å². The smallest absolute Gasteiger partial charge is 0.186 e.